The lowest BCUT2D eigenvalue weighted by Crippen LogP contribution is -2.44. The van der Waals surface area contributed by atoms with Crippen LogP contribution in [0.25, 0.3) is 0 Å². The SMILES string of the molecule is CC1CCC(C2CCOCC2)NC1. The maximum Gasteiger partial charge on any atom is 0.0469 e. The molecule has 2 fully saturated rings. The molecule has 0 bridgehead atoms. The summed E-state index contributed by atoms with van der Waals surface area (Å²) < 4.78 is 5.38. The Morgan fingerprint density at radius 3 is 2.46 bits per heavy atom. The van der Waals surface area contributed by atoms with Crippen molar-refractivity contribution < 1.29 is 4.74 Å². The molecule has 1 N–H and O–H groups in total. The largest absolute Gasteiger partial charge is 0.381 e. The van der Waals surface area contributed by atoms with Crippen molar-refractivity contribution in [2.45, 2.75) is 38.6 Å². The van der Waals surface area contributed by atoms with Gasteiger partial charge in [-0.1, -0.05) is 6.92 Å². The Kier molecular flexibility index (Phi) is 3.23. The fourth-order valence-electron chi connectivity index (χ4n) is 2.54. The molecule has 0 radical (unpaired) electrons. The lowest BCUT2D eigenvalue weighted by molar-refractivity contribution is 0.0478. The van der Waals surface area contributed by atoms with E-state index in [1.807, 2.05) is 0 Å². The lowest BCUT2D eigenvalue weighted by atomic mass is 9.84. The van der Waals surface area contributed by atoms with Gasteiger partial charge in [-0.3, -0.25) is 0 Å². The number of rotatable bonds is 1. The van der Waals surface area contributed by atoms with Crippen LogP contribution in [0, 0.1) is 11.8 Å². The summed E-state index contributed by atoms with van der Waals surface area (Å²) >= 11 is 0. The Balaban J connectivity index is 1.79. The van der Waals surface area contributed by atoms with E-state index >= 15 is 0 Å². The molecule has 13 heavy (non-hydrogen) atoms. The highest BCUT2D eigenvalue weighted by Crippen LogP contribution is 2.25. The summed E-state index contributed by atoms with van der Waals surface area (Å²) in [5, 5.41) is 3.68. The second kappa shape index (κ2) is 4.43. The van der Waals surface area contributed by atoms with E-state index in [2.05, 4.69) is 12.2 Å². The molecule has 2 nitrogen and oxygen atoms in total. The molecule has 2 heteroatoms. The molecule has 2 unspecified atom stereocenters. The third-order valence-electron chi connectivity index (χ3n) is 3.53. The quantitative estimate of drug-likeness (QED) is 0.669. The fraction of sp³-hybridized carbons (Fsp3) is 1.00. The molecule has 76 valence electrons. The van der Waals surface area contributed by atoms with Crippen LogP contribution in [0.3, 0.4) is 0 Å². The van der Waals surface area contributed by atoms with Gasteiger partial charge in [-0.05, 0) is 44.1 Å². The van der Waals surface area contributed by atoms with E-state index in [1.165, 1.54) is 32.2 Å². The Morgan fingerprint density at radius 2 is 1.85 bits per heavy atom. The van der Waals surface area contributed by atoms with Crippen LogP contribution >= 0.6 is 0 Å². The minimum absolute atomic E-state index is 0.792. The second-order valence-corrected chi connectivity index (χ2v) is 4.65. The third kappa shape index (κ3) is 2.44. The van der Waals surface area contributed by atoms with E-state index in [0.717, 1.165) is 31.1 Å². The zero-order chi connectivity index (χ0) is 9.10. The number of ether oxygens (including phenoxy) is 1. The molecule has 0 aromatic carbocycles. The van der Waals surface area contributed by atoms with Crippen molar-refractivity contribution in [3.8, 4) is 0 Å². The van der Waals surface area contributed by atoms with Crippen molar-refractivity contribution in [1.82, 2.24) is 5.32 Å². The molecule has 0 aliphatic carbocycles. The summed E-state index contributed by atoms with van der Waals surface area (Å²) in [6.07, 6.45) is 5.33. The summed E-state index contributed by atoms with van der Waals surface area (Å²) in [7, 11) is 0. The summed E-state index contributed by atoms with van der Waals surface area (Å²) in [5.41, 5.74) is 0. The fourth-order valence-corrected chi connectivity index (χ4v) is 2.54. The van der Waals surface area contributed by atoms with Gasteiger partial charge in [0.05, 0.1) is 0 Å². The predicted molar refractivity (Wildman–Crippen MR) is 53.7 cm³/mol. The zero-order valence-corrected chi connectivity index (χ0v) is 8.59. The summed E-state index contributed by atoms with van der Waals surface area (Å²) in [6.45, 7) is 5.53. The highest BCUT2D eigenvalue weighted by molar-refractivity contribution is 4.83. The molecular weight excluding hydrogens is 162 g/mol. The first-order chi connectivity index (χ1) is 6.36. The van der Waals surface area contributed by atoms with Crippen LogP contribution in [-0.2, 0) is 4.74 Å². The molecule has 2 aliphatic rings. The molecule has 2 heterocycles. The third-order valence-corrected chi connectivity index (χ3v) is 3.53. The first-order valence-corrected chi connectivity index (χ1v) is 5.67. The highest BCUT2D eigenvalue weighted by atomic mass is 16.5. The molecule has 0 aromatic rings. The topological polar surface area (TPSA) is 21.3 Å². The van der Waals surface area contributed by atoms with Gasteiger partial charge in [0.2, 0.25) is 0 Å². The summed E-state index contributed by atoms with van der Waals surface area (Å²) in [5.74, 6) is 1.78. The van der Waals surface area contributed by atoms with Gasteiger partial charge in [-0.25, -0.2) is 0 Å². The number of piperidine rings is 1. The van der Waals surface area contributed by atoms with Gasteiger partial charge in [-0.2, -0.15) is 0 Å². The van der Waals surface area contributed by atoms with Crippen molar-refractivity contribution in [2.24, 2.45) is 11.8 Å². The Bertz CT molecular complexity index is 146. The van der Waals surface area contributed by atoms with E-state index in [9.17, 15) is 0 Å². The average Bonchev–Trinajstić information content (AvgIpc) is 2.20. The lowest BCUT2D eigenvalue weighted by Gasteiger charge is -2.35. The van der Waals surface area contributed by atoms with Gasteiger partial charge in [-0.15, -0.1) is 0 Å². The number of hydrogen-bond donors (Lipinski definition) is 1. The molecule has 2 rings (SSSR count). The normalized spacial score (nSPS) is 37.6. The van der Waals surface area contributed by atoms with Crippen LogP contribution < -0.4 is 5.32 Å². The van der Waals surface area contributed by atoms with Crippen molar-refractivity contribution in [3.05, 3.63) is 0 Å². The van der Waals surface area contributed by atoms with Crippen LogP contribution in [0.1, 0.15) is 32.6 Å². The van der Waals surface area contributed by atoms with E-state index in [4.69, 9.17) is 4.74 Å². The van der Waals surface area contributed by atoms with E-state index in [-0.39, 0.29) is 0 Å². The maximum absolute atomic E-state index is 5.38. The smallest absolute Gasteiger partial charge is 0.0469 e. The average molecular weight is 183 g/mol. The highest BCUT2D eigenvalue weighted by Gasteiger charge is 2.26. The first kappa shape index (κ1) is 9.47. The Hall–Kier alpha value is -0.0800. The van der Waals surface area contributed by atoms with E-state index < -0.39 is 0 Å². The van der Waals surface area contributed by atoms with Crippen molar-refractivity contribution in [1.29, 1.82) is 0 Å². The van der Waals surface area contributed by atoms with Crippen molar-refractivity contribution in [3.63, 3.8) is 0 Å². The molecule has 0 amide bonds. The minimum Gasteiger partial charge on any atom is -0.381 e. The van der Waals surface area contributed by atoms with E-state index in [1.54, 1.807) is 0 Å². The Morgan fingerprint density at radius 1 is 1.08 bits per heavy atom. The standard InChI is InChI=1S/C11H21NO/c1-9-2-3-11(12-8-9)10-4-6-13-7-5-10/h9-12H,2-8H2,1H3. The summed E-state index contributed by atoms with van der Waals surface area (Å²) in [6, 6.07) is 0.792. The zero-order valence-electron chi connectivity index (χ0n) is 8.59. The van der Waals surface area contributed by atoms with Gasteiger partial charge in [0.1, 0.15) is 0 Å². The molecule has 0 saturated carbocycles. The van der Waals surface area contributed by atoms with Crippen LogP contribution in [0.15, 0.2) is 0 Å². The van der Waals surface area contributed by atoms with Gasteiger partial charge < -0.3 is 10.1 Å². The van der Waals surface area contributed by atoms with Gasteiger partial charge in [0, 0.05) is 19.3 Å². The van der Waals surface area contributed by atoms with Crippen LogP contribution in [-0.4, -0.2) is 25.8 Å². The van der Waals surface area contributed by atoms with Crippen LogP contribution in [0.4, 0.5) is 0 Å². The second-order valence-electron chi connectivity index (χ2n) is 4.65. The van der Waals surface area contributed by atoms with Crippen molar-refractivity contribution in [2.75, 3.05) is 19.8 Å². The van der Waals surface area contributed by atoms with Crippen LogP contribution in [0.5, 0.6) is 0 Å². The molecular formula is C11H21NO. The first-order valence-electron chi connectivity index (χ1n) is 5.67. The van der Waals surface area contributed by atoms with Crippen LogP contribution in [0.2, 0.25) is 0 Å². The molecule has 0 spiro atoms. The number of nitrogens with one attached hydrogen (secondary N) is 1. The molecule has 2 saturated heterocycles. The van der Waals surface area contributed by atoms with Gasteiger partial charge in [0.15, 0.2) is 0 Å². The van der Waals surface area contributed by atoms with Gasteiger partial charge in [0.25, 0.3) is 0 Å². The molecule has 2 atom stereocenters. The maximum atomic E-state index is 5.38. The summed E-state index contributed by atoms with van der Waals surface area (Å²) in [4.78, 5) is 0. The monoisotopic (exact) mass is 183 g/mol. The van der Waals surface area contributed by atoms with E-state index in [0.29, 0.717) is 0 Å². The van der Waals surface area contributed by atoms with Gasteiger partial charge >= 0.3 is 0 Å². The molecule has 0 aromatic heterocycles. The van der Waals surface area contributed by atoms with Crippen molar-refractivity contribution >= 4 is 0 Å². The number of hydrogen-bond acceptors (Lipinski definition) is 2. The minimum atomic E-state index is 0.792. The Labute approximate surface area is 81.0 Å². The molecule has 2 aliphatic heterocycles. The predicted octanol–water partition coefficient (Wildman–Crippen LogP) is 1.80.